The minimum Gasteiger partial charge on any atom is -0.756 e. The Balaban J connectivity index is 4.02. The van der Waals surface area contributed by atoms with Crippen LogP contribution in [0.1, 0.15) is 309 Å². The number of hydrogen-bond donors (Lipinski definition) is 2. The molecule has 0 aliphatic heterocycles. The van der Waals surface area contributed by atoms with Crippen molar-refractivity contribution >= 4 is 13.7 Å². The predicted octanol–water partition coefficient (Wildman–Crippen LogP) is 18.1. The van der Waals surface area contributed by atoms with Gasteiger partial charge in [-0.25, -0.2) is 0 Å². The maximum atomic E-state index is 13.0. The van der Waals surface area contributed by atoms with Gasteiger partial charge >= 0.3 is 0 Å². The normalized spacial score (nSPS) is 14.0. The molecule has 2 N–H and O–H groups in total. The first kappa shape index (κ1) is 69.0. The number of carbonyl (C=O) groups excluding carboxylic acids is 1. The highest BCUT2D eigenvalue weighted by molar-refractivity contribution is 7.45. The number of unbranched alkanes of at least 4 members (excludes halogenated alkanes) is 40. The number of hydrogen-bond acceptors (Lipinski definition) is 6. The van der Waals surface area contributed by atoms with Crippen LogP contribution in [0.2, 0.25) is 0 Å². The van der Waals surface area contributed by atoms with E-state index in [9.17, 15) is 19.4 Å². The molecule has 0 bridgehead atoms. The molecule has 0 aromatic rings. The first-order chi connectivity index (χ1) is 34.0. The number of rotatable bonds is 57. The van der Waals surface area contributed by atoms with Crippen molar-refractivity contribution in [3.8, 4) is 0 Å². The van der Waals surface area contributed by atoms with Crippen molar-refractivity contribution in [2.45, 2.75) is 321 Å². The van der Waals surface area contributed by atoms with E-state index in [4.69, 9.17) is 9.05 Å². The van der Waals surface area contributed by atoms with E-state index in [0.717, 1.165) is 64.2 Å². The first-order valence-corrected chi connectivity index (χ1v) is 32.1. The number of aliphatic hydroxyl groups excluding tert-OH is 1. The summed E-state index contributed by atoms with van der Waals surface area (Å²) in [6.45, 7) is 4.73. The number of carbonyl (C=O) groups is 1. The number of nitrogens with zero attached hydrogens (tertiary/aromatic N) is 1. The molecular formula is C61H121N2O6P. The van der Waals surface area contributed by atoms with E-state index in [1.165, 1.54) is 218 Å². The van der Waals surface area contributed by atoms with Crippen LogP contribution < -0.4 is 10.2 Å². The van der Waals surface area contributed by atoms with E-state index in [2.05, 4.69) is 43.5 Å². The number of phosphoric ester groups is 1. The Bertz CT molecular complexity index is 1190. The second-order valence-electron chi connectivity index (χ2n) is 22.4. The molecule has 0 aromatic carbocycles. The summed E-state index contributed by atoms with van der Waals surface area (Å²) in [6.07, 6.45) is 66.6. The Kier molecular flexibility index (Phi) is 52.1. The summed E-state index contributed by atoms with van der Waals surface area (Å²) in [6, 6.07) is -0.808. The number of aliphatic hydroxyl groups is 1. The van der Waals surface area contributed by atoms with E-state index in [0.29, 0.717) is 23.9 Å². The van der Waals surface area contributed by atoms with Crippen molar-refractivity contribution in [1.82, 2.24) is 5.32 Å². The van der Waals surface area contributed by atoms with Crippen LogP contribution in [0.5, 0.6) is 0 Å². The Labute approximate surface area is 436 Å². The molecule has 0 saturated carbocycles. The molecule has 416 valence electrons. The lowest BCUT2D eigenvalue weighted by atomic mass is 10.0. The van der Waals surface area contributed by atoms with Crippen LogP contribution in [0.3, 0.4) is 0 Å². The standard InChI is InChI=1S/C61H121N2O6P/c1-6-8-10-12-14-16-18-20-22-24-25-26-27-28-29-30-31-32-33-34-35-36-37-38-39-40-42-44-46-48-50-52-54-60(64)59(58-69-70(66,67)68-57-56-63(3,4)5)62-61(65)55-53-51-49-47-45-43-41-23-21-19-17-15-13-11-9-7-2/h17,19,23,41,59-60,64H,6-16,18,20-22,24-40,42-58H2,1-5H3,(H-,62,65,66,67)/b19-17-,41-23-. The number of allylic oxidation sites excluding steroid dienone is 4. The molecule has 0 fully saturated rings. The maximum absolute atomic E-state index is 13.0. The highest BCUT2D eigenvalue weighted by atomic mass is 31.2. The summed E-state index contributed by atoms with van der Waals surface area (Å²) in [7, 11) is 1.30. The fraction of sp³-hybridized carbons (Fsp3) is 0.918. The van der Waals surface area contributed by atoms with Gasteiger partial charge in [-0.1, -0.05) is 282 Å². The lowest BCUT2D eigenvalue weighted by Gasteiger charge is -2.30. The van der Waals surface area contributed by atoms with Crippen LogP contribution in [0.4, 0.5) is 0 Å². The smallest absolute Gasteiger partial charge is 0.268 e. The fourth-order valence-electron chi connectivity index (χ4n) is 9.37. The van der Waals surface area contributed by atoms with Crippen molar-refractivity contribution in [3.63, 3.8) is 0 Å². The fourth-order valence-corrected chi connectivity index (χ4v) is 10.1. The summed E-state index contributed by atoms with van der Waals surface area (Å²) in [4.78, 5) is 25.5. The van der Waals surface area contributed by atoms with Gasteiger partial charge in [-0.2, -0.15) is 0 Å². The van der Waals surface area contributed by atoms with E-state index in [1.807, 2.05) is 21.1 Å². The van der Waals surface area contributed by atoms with Crippen LogP contribution in [-0.4, -0.2) is 68.5 Å². The largest absolute Gasteiger partial charge is 0.756 e. The molecular weight excluding hydrogens is 888 g/mol. The molecule has 0 rings (SSSR count). The molecule has 3 atom stereocenters. The average molecular weight is 1010 g/mol. The minimum atomic E-state index is -4.58. The van der Waals surface area contributed by atoms with Crippen molar-refractivity contribution in [2.24, 2.45) is 0 Å². The molecule has 0 spiro atoms. The van der Waals surface area contributed by atoms with Crippen molar-refractivity contribution < 1.29 is 32.9 Å². The third-order valence-corrected chi connectivity index (χ3v) is 15.2. The molecule has 0 aliphatic rings. The quantitative estimate of drug-likeness (QED) is 0.0272. The summed E-state index contributed by atoms with van der Waals surface area (Å²) in [5, 5.41) is 14.0. The molecule has 0 aliphatic carbocycles. The lowest BCUT2D eigenvalue weighted by molar-refractivity contribution is -0.870. The summed E-state index contributed by atoms with van der Waals surface area (Å²) < 4.78 is 23.4. The Morgan fingerprint density at radius 3 is 1.20 bits per heavy atom. The highest BCUT2D eigenvalue weighted by Crippen LogP contribution is 2.38. The van der Waals surface area contributed by atoms with Gasteiger partial charge in [-0.3, -0.25) is 9.36 Å². The van der Waals surface area contributed by atoms with Gasteiger partial charge in [-0.15, -0.1) is 0 Å². The van der Waals surface area contributed by atoms with Gasteiger partial charge < -0.3 is 28.8 Å². The highest BCUT2D eigenvalue weighted by Gasteiger charge is 2.24. The number of amides is 1. The lowest BCUT2D eigenvalue weighted by Crippen LogP contribution is -2.46. The number of likely N-dealkylation sites (N-methyl/N-ethyl adjacent to an activating group) is 1. The number of quaternary nitrogens is 1. The Morgan fingerprint density at radius 1 is 0.500 bits per heavy atom. The topological polar surface area (TPSA) is 108 Å². The summed E-state index contributed by atoms with van der Waals surface area (Å²) >= 11 is 0. The van der Waals surface area contributed by atoms with Crippen LogP contribution in [0, 0.1) is 0 Å². The zero-order valence-corrected chi connectivity index (χ0v) is 48.4. The van der Waals surface area contributed by atoms with E-state index < -0.39 is 20.0 Å². The molecule has 9 heteroatoms. The van der Waals surface area contributed by atoms with E-state index in [-0.39, 0.29) is 19.1 Å². The van der Waals surface area contributed by atoms with Crippen LogP contribution in [0.15, 0.2) is 24.3 Å². The van der Waals surface area contributed by atoms with E-state index >= 15 is 0 Å². The minimum absolute atomic E-state index is 0.0104. The zero-order valence-electron chi connectivity index (χ0n) is 47.5. The number of phosphoric acid groups is 1. The number of nitrogens with one attached hydrogen (secondary N) is 1. The first-order valence-electron chi connectivity index (χ1n) is 30.7. The molecule has 0 heterocycles. The second-order valence-corrected chi connectivity index (χ2v) is 23.8. The third-order valence-electron chi connectivity index (χ3n) is 14.2. The van der Waals surface area contributed by atoms with Gasteiger partial charge in [0, 0.05) is 6.42 Å². The van der Waals surface area contributed by atoms with Crippen LogP contribution in [-0.2, 0) is 18.4 Å². The van der Waals surface area contributed by atoms with Gasteiger partial charge in [0.05, 0.1) is 39.9 Å². The van der Waals surface area contributed by atoms with Crippen LogP contribution >= 0.6 is 7.82 Å². The van der Waals surface area contributed by atoms with Crippen molar-refractivity contribution in [1.29, 1.82) is 0 Å². The molecule has 0 aromatic heterocycles. The molecule has 0 radical (unpaired) electrons. The van der Waals surface area contributed by atoms with Gasteiger partial charge in [0.25, 0.3) is 7.82 Å². The predicted molar refractivity (Wildman–Crippen MR) is 302 cm³/mol. The van der Waals surface area contributed by atoms with Gasteiger partial charge in [0.1, 0.15) is 13.2 Å². The van der Waals surface area contributed by atoms with Crippen LogP contribution in [0.25, 0.3) is 0 Å². The third kappa shape index (κ3) is 54.7. The van der Waals surface area contributed by atoms with Crippen molar-refractivity contribution in [2.75, 3.05) is 40.9 Å². The Morgan fingerprint density at radius 2 is 0.829 bits per heavy atom. The van der Waals surface area contributed by atoms with Gasteiger partial charge in [0.2, 0.25) is 5.91 Å². The van der Waals surface area contributed by atoms with Crippen molar-refractivity contribution in [3.05, 3.63) is 24.3 Å². The molecule has 8 nitrogen and oxygen atoms in total. The molecule has 70 heavy (non-hydrogen) atoms. The van der Waals surface area contributed by atoms with Gasteiger partial charge in [0.15, 0.2) is 0 Å². The second kappa shape index (κ2) is 52.8. The average Bonchev–Trinajstić information content (AvgIpc) is 3.32. The molecule has 1 amide bonds. The van der Waals surface area contributed by atoms with Gasteiger partial charge in [-0.05, 0) is 44.9 Å². The summed E-state index contributed by atoms with van der Waals surface area (Å²) in [5.74, 6) is -0.174. The molecule has 0 saturated heterocycles. The SMILES string of the molecule is CCCCCC/C=C\C/C=C\CCCCCCCC(=O)NC(COP(=O)([O-])OCC[N+](C)(C)C)C(O)CCCCCCCCCCCCCCCCCCCCCCCCCCCCCCCCCC. The monoisotopic (exact) mass is 1010 g/mol. The zero-order chi connectivity index (χ0) is 51.3. The molecule has 3 unspecified atom stereocenters. The Hall–Kier alpha value is -1.02. The maximum Gasteiger partial charge on any atom is 0.268 e. The summed E-state index contributed by atoms with van der Waals surface area (Å²) in [5.41, 5.74) is 0. The van der Waals surface area contributed by atoms with E-state index in [1.54, 1.807) is 0 Å².